The molecule has 1 atom stereocenters. The van der Waals surface area contributed by atoms with Gasteiger partial charge < -0.3 is 20.3 Å². The molecule has 18 heavy (non-hydrogen) atoms. The summed E-state index contributed by atoms with van der Waals surface area (Å²) in [4.78, 5) is 0. The van der Waals surface area contributed by atoms with E-state index >= 15 is 0 Å². The third-order valence-electron chi connectivity index (χ3n) is 2.99. The number of ether oxygens (including phenoxy) is 2. The van der Waals surface area contributed by atoms with Gasteiger partial charge in [-0.25, -0.2) is 0 Å². The Labute approximate surface area is 106 Å². The average Bonchev–Trinajstić information content (AvgIpc) is 2.44. The first-order valence-corrected chi connectivity index (χ1v) is 5.74. The van der Waals surface area contributed by atoms with Crippen LogP contribution < -0.4 is 15.2 Å². The van der Waals surface area contributed by atoms with Crippen molar-refractivity contribution in [3.8, 4) is 11.5 Å². The normalized spacial score (nSPS) is 12.4. The number of hydrogen-bond donors (Lipinski definition) is 2. The van der Waals surface area contributed by atoms with Crippen molar-refractivity contribution in [2.45, 2.75) is 6.10 Å². The van der Waals surface area contributed by atoms with E-state index in [1.165, 1.54) is 0 Å². The Morgan fingerprint density at radius 2 is 1.83 bits per heavy atom. The molecule has 0 fully saturated rings. The summed E-state index contributed by atoms with van der Waals surface area (Å²) in [6, 6.07) is 9.52. The van der Waals surface area contributed by atoms with Crippen LogP contribution in [0.1, 0.15) is 11.7 Å². The molecule has 3 N–H and O–H groups in total. The van der Waals surface area contributed by atoms with Gasteiger partial charge >= 0.3 is 0 Å². The number of aliphatic hydroxyl groups is 1. The van der Waals surface area contributed by atoms with Gasteiger partial charge in [0.1, 0.15) is 11.5 Å². The van der Waals surface area contributed by atoms with Crippen LogP contribution in [0.4, 0.5) is 0 Å². The Morgan fingerprint density at radius 3 is 2.39 bits per heavy atom. The molecular formula is C14H17NO3. The SMILES string of the molecule is COc1cc(C(O)CN)c(OC)c2ccccc12. The minimum Gasteiger partial charge on any atom is -0.496 e. The van der Waals surface area contributed by atoms with Crippen molar-refractivity contribution in [3.63, 3.8) is 0 Å². The van der Waals surface area contributed by atoms with Gasteiger partial charge in [-0.2, -0.15) is 0 Å². The molecule has 0 bridgehead atoms. The fourth-order valence-electron chi connectivity index (χ4n) is 2.11. The number of nitrogens with two attached hydrogens (primary N) is 1. The quantitative estimate of drug-likeness (QED) is 0.865. The highest BCUT2D eigenvalue weighted by Crippen LogP contribution is 2.38. The summed E-state index contributed by atoms with van der Waals surface area (Å²) in [6.45, 7) is 0.137. The Bertz CT molecular complexity index is 554. The van der Waals surface area contributed by atoms with Gasteiger partial charge in [-0.05, 0) is 6.07 Å². The van der Waals surface area contributed by atoms with E-state index in [-0.39, 0.29) is 6.54 Å². The van der Waals surface area contributed by atoms with Gasteiger partial charge in [-0.15, -0.1) is 0 Å². The molecule has 0 aromatic heterocycles. The first-order valence-electron chi connectivity index (χ1n) is 5.74. The van der Waals surface area contributed by atoms with Gasteiger partial charge in [0.15, 0.2) is 0 Å². The summed E-state index contributed by atoms with van der Waals surface area (Å²) < 4.78 is 10.8. The number of rotatable bonds is 4. The zero-order valence-corrected chi connectivity index (χ0v) is 10.5. The highest BCUT2D eigenvalue weighted by molar-refractivity contribution is 5.94. The van der Waals surface area contributed by atoms with Gasteiger partial charge in [-0.1, -0.05) is 24.3 Å². The molecule has 4 heteroatoms. The zero-order chi connectivity index (χ0) is 13.1. The van der Waals surface area contributed by atoms with Gasteiger partial charge in [-0.3, -0.25) is 0 Å². The first kappa shape index (κ1) is 12.7. The molecule has 0 aliphatic heterocycles. The fourth-order valence-corrected chi connectivity index (χ4v) is 2.11. The van der Waals surface area contributed by atoms with E-state index in [1.807, 2.05) is 24.3 Å². The molecule has 0 heterocycles. The molecule has 0 amide bonds. The molecular weight excluding hydrogens is 230 g/mol. The molecule has 2 aromatic carbocycles. The van der Waals surface area contributed by atoms with Crippen LogP contribution in [-0.2, 0) is 0 Å². The van der Waals surface area contributed by atoms with Crippen LogP contribution >= 0.6 is 0 Å². The van der Waals surface area contributed by atoms with E-state index < -0.39 is 6.10 Å². The maximum absolute atomic E-state index is 9.96. The molecule has 2 rings (SSSR count). The molecule has 96 valence electrons. The minimum absolute atomic E-state index is 0.137. The van der Waals surface area contributed by atoms with Crippen molar-refractivity contribution in [1.29, 1.82) is 0 Å². The fraction of sp³-hybridized carbons (Fsp3) is 0.286. The van der Waals surface area contributed by atoms with Crippen LogP contribution in [-0.4, -0.2) is 25.9 Å². The van der Waals surface area contributed by atoms with E-state index in [0.717, 1.165) is 10.8 Å². The number of hydrogen-bond acceptors (Lipinski definition) is 4. The summed E-state index contributed by atoms with van der Waals surface area (Å²) in [5, 5.41) is 11.8. The van der Waals surface area contributed by atoms with Crippen LogP contribution in [0.5, 0.6) is 11.5 Å². The third kappa shape index (κ3) is 2.00. The van der Waals surface area contributed by atoms with Crippen molar-refractivity contribution in [2.75, 3.05) is 20.8 Å². The second-order valence-electron chi connectivity index (χ2n) is 4.00. The Hall–Kier alpha value is -1.78. The van der Waals surface area contributed by atoms with Crippen molar-refractivity contribution in [2.24, 2.45) is 5.73 Å². The van der Waals surface area contributed by atoms with E-state index in [9.17, 15) is 5.11 Å². The lowest BCUT2D eigenvalue weighted by molar-refractivity contribution is 0.182. The predicted octanol–water partition coefficient (Wildman–Crippen LogP) is 1.85. The monoisotopic (exact) mass is 247 g/mol. The van der Waals surface area contributed by atoms with E-state index in [4.69, 9.17) is 15.2 Å². The van der Waals surface area contributed by atoms with Crippen molar-refractivity contribution in [3.05, 3.63) is 35.9 Å². The van der Waals surface area contributed by atoms with Crippen LogP contribution in [0.3, 0.4) is 0 Å². The van der Waals surface area contributed by atoms with Crippen molar-refractivity contribution >= 4 is 10.8 Å². The number of fused-ring (bicyclic) bond motifs is 1. The molecule has 0 aliphatic carbocycles. The van der Waals surface area contributed by atoms with Crippen molar-refractivity contribution < 1.29 is 14.6 Å². The topological polar surface area (TPSA) is 64.7 Å². The van der Waals surface area contributed by atoms with Crippen LogP contribution in [0.15, 0.2) is 30.3 Å². The second-order valence-corrected chi connectivity index (χ2v) is 4.00. The standard InChI is InChI=1S/C14H17NO3/c1-17-13-7-11(12(16)8-15)14(18-2)10-6-4-3-5-9(10)13/h3-7,12,16H,8,15H2,1-2H3. The zero-order valence-electron chi connectivity index (χ0n) is 10.5. The van der Waals surface area contributed by atoms with E-state index in [0.29, 0.717) is 17.1 Å². The molecule has 4 nitrogen and oxygen atoms in total. The number of methoxy groups -OCH3 is 2. The maximum Gasteiger partial charge on any atom is 0.132 e. The Kier molecular flexibility index (Phi) is 3.69. The lowest BCUT2D eigenvalue weighted by Gasteiger charge is -2.17. The van der Waals surface area contributed by atoms with E-state index in [2.05, 4.69) is 0 Å². The van der Waals surface area contributed by atoms with Crippen molar-refractivity contribution in [1.82, 2.24) is 0 Å². The summed E-state index contributed by atoms with van der Waals surface area (Å²) in [5.74, 6) is 1.35. The maximum atomic E-state index is 9.96. The van der Waals surface area contributed by atoms with Gasteiger partial charge in [0.05, 0.1) is 20.3 Å². The van der Waals surface area contributed by atoms with Gasteiger partial charge in [0.25, 0.3) is 0 Å². The van der Waals surface area contributed by atoms with Gasteiger partial charge in [0, 0.05) is 22.9 Å². The summed E-state index contributed by atoms with van der Waals surface area (Å²) in [6.07, 6.45) is -0.765. The van der Waals surface area contributed by atoms with Crippen LogP contribution in [0, 0.1) is 0 Å². The lowest BCUT2D eigenvalue weighted by Crippen LogP contribution is -2.13. The minimum atomic E-state index is -0.765. The molecule has 0 aliphatic rings. The predicted molar refractivity (Wildman–Crippen MR) is 71.1 cm³/mol. The Morgan fingerprint density at radius 1 is 1.17 bits per heavy atom. The summed E-state index contributed by atoms with van der Waals surface area (Å²) >= 11 is 0. The third-order valence-corrected chi connectivity index (χ3v) is 2.99. The molecule has 0 radical (unpaired) electrons. The largest absolute Gasteiger partial charge is 0.496 e. The molecule has 0 saturated heterocycles. The highest BCUT2D eigenvalue weighted by Gasteiger charge is 2.17. The summed E-state index contributed by atoms with van der Waals surface area (Å²) in [7, 11) is 3.19. The van der Waals surface area contributed by atoms with Crippen LogP contribution in [0.25, 0.3) is 10.8 Å². The number of aliphatic hydroxyl groups excluding tert-OH is 1. The Balaban J connectivity index is 2.78. The smallest absolute Gasteiger partial charge is 0.132 e. The van der Waals surface area contributed by atoms with E-state index in [1.54, 1.807) is 20.3 Å². The molecule has 1 unspecified atom stereocenters. The van der Waals surface area contributed by atoms with Gasteiger partial charge in [0.2, 0.25) is 0 Å². The molecule has 2 aromatic rings. The average molecular weight is 247 g/mol. The molecule has 0 saturated carbocycles. The second kappa shape index (κ2) is 5.25. The summed E-state index contributed by atoms with van der Waals surface area (Å²) in [5.41, 5.74) is 6.17. The molecule has 0 spiro atoms. The number of benzene rings is 2. The lowest BCUT2D eigenvalue weighted by atomic mass is 10.0. The highest BCUT2D eigenvalue weighted by atomic mass is 16.5. The first-order chi connectivity index (χ1) is 8.72. The van der Waals surface area contributed by atoms with Crippen LogP contribution in [0.2, 0.25) is 0 Å².